The van der Waals surface area contributed by atoms with Crippen LogP contribution in [0.25, 0.3) is 11.4 Å². The van der Waals surface area contributed by atoms with Gasteiger partial charge < -0.3 is 15.2 Å². The molecule has 0 spiro atoms. The van der Waals surface area contributed by atoms with Gasteiger partial charge in [0.05, 0.1) is 23.5 Å². The van der Waals surface area contributed by atoms with E-state index in [9.17, 15) is 0 Å². The topological polar surface area (TPSA) is 70.3 Å². The van der Waals surface area contributed by atoms with Gasteiger partial charge in [-0.25, -0.2) is 9.97 Å². The Kier molecular flexibility index (Phi) is 4.08. The number of ether oxygens (including phenoxy) is 2. The standard InChI is InChI=1S/C13H14IN3O2/c1-7-11(14)12(15)17-13(16-7)8-4-9(18-2)6-10(5-8)19-3/h4-6H,1-3H3,(H2,15,16,17). The van der Waals surface area contributed by atoms with Crippen molar-refractivity contribution < 1.29 is 9.47 Å². The maximum absolute atomic E-state index is 5.88. The molecule has 1 aromatic heterocycles. The molecule has 2 rings (SSSR count). The Hall–Kier alpha value is -1.57. The molecule has 0 atom stereocenters. The van der Waals surface area contributed by atoms with Crippen LogP contribution in [-0.4, -0.2) is 24.2 Å². The third-order valence-electron chi connectivity index (χ3n) is 2.65. The Labute approximate surface area is 125 Å². The van der Waals surface area contributed by atoms with Crippen LogP contribution >= 0.6 is 22.6 Å². The van der Waals surface area contributed by atoms with E-state index >= 15 is 0 Å². The van der Waals surface area contributed by atoms with E-state index in [0.717, 1.165) is 14.8 Å². The van der Waals surface area contributed by atoms with Crippen LogP contribution in [0, 0.1) is 10.5 Å². The number of rotatable bonds is 3. The van der Waals surface area contributed by atoms with E-state index in [1.165, 1.54) is 0 Å². The van der Waals surface area contributed by atoms with Crippen LogP contribution < -0.4 is 15.2 Å². The minimum Gasteiger partial charge on any atom is -0.497 e. The van der Waals surface area contributed by atoms with E-state index in [4.69, 9.17) is 15.2 Å². The van der Waals surface area contributed by atoms with Crippen LogP contribution in [0.15, 0.2) is 18.2 Å². The number of nitrogens with two attached hydrogens (primary N) is 1. The molecule has 0 amide bonds. The molecule has 6 heteroatoms. The van der Waals surface area contributed by atoms with Gasteiger partial charge in [0.25, 0.3) is 0 Å². The molecule has 5 nitrogen and oxygen atoms in total. The Morgan fingerprint density at radius 1 is 1.05 bits per heavy atom. The highest BCUT2D eigenvalue weighted by Gasteiger charge is 2.11. The van der Waals surface area contributed by atoms with Gasteiger partial charge in [-0.3, -0.25) is 0 Å². The maximum Gasteiger partial charge on any atom is 0.162 e. The average molecular weight is 371 g/mol. The number of nitrogen functional groups attached to an aromatic ring is 1. The van der Waals surface area contributed by atoms with Crippen molar-refractivity contribution >= 4 is 28.4 Å². The smallest absolute Gasteiger partial charge is 0.162 e. The molecule has 0 radical (unpaired) electrons. The summed E-state index contributed by atoms with van der Waals surface area (Å²) in [6.45, 7) is 1.90. The molecule has 0 aliphatic rings. The minimum atomic E-state index is 0.477. The summed E-state index contributed by atoms with van der Waals surface area (Å²) < 4.78 is 11.3. The molecule has 100 valence electrons. The number of methoxy groups -OCH3 is 2. The minimum absolute atomic E-state index is 0.477. The lowest BCUT2D eigenvalue weighted by Gasteiger charge is -2.09. The molecule has 0 unspecified atom stereocenters. The highest BCUT2D eigenvalue weighted by molar-refractivity contribution is 14.1. The fourth-order valence-electron chi connectivity index (χ4n) is 1.65. The fraction of sp³-hybridized carbons (Fsp3) is 0.231. The van der Waals surface area contributed by atoms with Crippen LogP contribution in [0.5, 0.6) is 11.5 Å². The van der Waals surface area contributed by atoms with Crippen LogP contribution in [0.2, 0.25) is 0 Å². The first-order valence-electron chi connectivity index (χ1n) is 5.58. The van der Waals surface area contributed by atoms with Gasteiger partial charge in [-0.05, 0) is 41.6 Å². The lowest BCUT2D eigenvalue weighted by Crippen LogP contribution is -2.02. The molecule has 19 heavy (non-hydrogen) atoms. The Morgan fingerprint density at radius 2 is 1.63 bits per heavy atom. The van der Waals surface area contributed by atoms with E-state index < -0.39 is 0 Å². The summed E-state index contributed by atoms with van der Waals surface area (Å²) >= 11 is 2.13. The average Bonchev–Trinajstić information content (AvgIpc) is 2.43. The highest BCUT2D eigenvalue weighted by atomic mass is 127. The van der Waals surface area contributed by atoms with Gasteiger partial charge >= 0.3 is 0 Å². The van der Waals surface area contributed by atoms with Crippen LogP contribution in [0.3, 0.4) is 0 Å². The van der Waals surface area contributed by atoms with Crippen LogP contribution in [0.1, 0.15) is 5.69 Å². The summed E-state index contributed by atoms with van der Waals surface area (Å²) in [5, 5.41) is 0. The lowest BCUT2D eigenvalue weighted by atomic mass is 10.2. The number of aryl methyl sites for hydroxylation is 1. The zero-order valence-corrected chi connectivity index (χ0v) is 13.1. The molecule has 2 aromatic rings. The third-order valence-corrected chi connectivity index (χ3v) is 3.99. The van der Waals surface area contributed by atoms with Crippen LogP contribution in [0.4, 0.5) is 5.82 Å². The van der Waals surface area contributed by atoms with Gasteiger partial charge in [-0.2, -0.15) is 0 Å². The van der Waals surface area contributed by atoms with Gasteiger partial charge in [-0.15, -0.1) is 0 Å². The second kappa shape index (κ2) is 5.60. The maximum atomic E-state index is 5.88. The molecule has 0 fully saturated rings. The number of hydrogen-bond acceptors (Lipinski definition) is 5. The number of benzene rings is 1. The van der Waals surface area contributed by atoms with Crippen molar-refractivity contribution in [3.8, 4) is 22.9 Å². The fourth-order valence-corrected chi connectivity index (χ4v) is 1.89. The summed E-state index contributed by atoms with van der Waals surface area (Å²) in [5.41, 5.74) is 7.54. The van der Waals surface area contributed by atoms with Crippen molar-refractivity contribution in [2.75, 3.05) is 20.0 Å². The molecule has 2 N–H and O–H groups in total. The molecular formula is C13H14IN3O2. The molecule has 0 saturated carbocycles. The summed E-state index contributed by atoms with van der Waals surface area (Å²) in [6, 6.07) is 5.50. The van der Waals surface area contributed by atoms with Gasteiger partial charge in [0, 0.05) is 11.6 Å². The number of nitrogens with zero attached hydrogens (tertiary/aromatic N) is 2. The number of anilines is 1. The predicted octanol–water partition coefficient (Wildman–Crippen LogP) is 2.66. The van der Waals surface area contributed by atoms with Crippen molar-refractivity contribution in [1.29, 1.82) is 0 Å². The zero-order valence-electron chi connectivity index (χ0n) is 10.9. The van der Waals surface area contributed by atoms with Gasteiger partial charge in [-0.1, -0.05) is 0 Å². The SMILES string of the molecule is COc1cc(OC)cc(-c2nc(C)c(I)c(N)n2)c1. The first-order valence-corrected chi connectivity index (χ1v) is 6.66. The monoisotopic (exact) mass is 371 g/mol. The van der Waals surface area contributed by atoms with E-state index in [1.54, 1.807) is 20.3 Å². The first-order chi connectivity index (χ1) is 9.05. The van der Waals surface area contributed by atoms with E-state index in [2.05, 4.69) is 32.6 Å². The van der Waals surface area contributed by atoms with E-state index in [0.29, 0.717) is 23.1 Å². The molecule has 0 aliphatic heterocycles. The quantitative estimate of drug-likeness (QED) is 0.841. The second-order valence-electron chi connectivity index (χ2n) is 3.93. The molecule has 0 bridgehead atoms. The molecule has 1 heterocycles. The Bertz CT molecular complexity index is 572. The molecule has 1 aromatic carbocycles. The normalized spacial score (nSPS) is 10.3. The highest BCUT2D eigenvalue weighted by Crippen LogP contribution is 2.29. The van der Waals surface area contributed by atoms with E-state index in [-0.39, 0.29) is 0 Å². The summed E-state index contributed by atoms with van der Waals surface area (Å²) in [4.78, 5) is 8.75. The largest absolute Gasteiger partial charge is 0.497 e. The van der Waals surface area contributed by atoms with Crippen molar-refractivity contribution in [2.24, 2.45) is 0 Å². The summed E-state index contributed by atoms with van der Waals surface area (Å²) in [7, 11) is 3.21. The number of hydrogen-bond donors (Lipinski definition) is 1. The summed E-state index contributed by atoms with van der Waals surface area (Å²) in [5.74, 6) is 2.41. The summed E-state index contributed by atoms with van der Waals surface area (Å²) in [6.07, 6.45) is 0. The third kappa shape index (κ3) is 2.89. The van der Waals surface area contributed by atoms with E-state index in [1.807, 2.05) is 19.1 Å². The molecule has 0 saturated heterocycles. The first kappa shape index (κ1) is 13.9. The van der Waals surface area contributed by atoms with Crippen molar-refractivity contribution in [3.63, 3.8) is 0 Å². The van der Waals surface area contributed by atoms with Crippen LogP contribution in [-0.2, 0) is 0 Å². The Balaban J connectivity index is 2.58. The van der Waals surface area contributed by atoms with Crippen molar-refractivity contribution in [1.82, 2.24) is 9.97 Å². The van der Waals surface area contributed by atoms with Gasteiger partial charge in [0.15, 0.2) is 5.82 Å². The number of halogens is 1. The predicted molar refractivity (Wildman–Crippen MR) is 82.4 cm³/mol. The van der Waals surface area contributed by atoms with Gasteiger partial charge in [0.1, 0.15) is 17.3 Å². The molecular weight excluding hydrogens is 357 g/mol. The van der Waals surface area contributed by atoms with Crippen molar-refractivity contribution in [2.45, 2.75) is 6.92 Å². The zero-order chi connectivity index (χ0) is 14.0. The number of aromatic nitrogens is 2. The van der Waals surface area contributed by atoms with Gasteiger partial charge in [0.2, 0.25) is 0 Å². The Morgan fingerprint density at radius 3 is 2.11 bits per heavy atom. The van der Waals surface area contributed by atoms with Crippen molar-refractivity contribution in [3.05, 3.63) is 27.5 Å². The molecule has 0 aliphatic carbocycles. The lowest BCUT2D eigenvalue weighted by molar-refractivity contribution is 0.394. The second-order valence-corrected chi connectivity index (χ2v) is 5.01.